The van der Waals surface area contributed by atoms with Gasteiger partial charge in [-0.15, -0.1) is 0 Å². The summed E-state index contributed by atoms with van der Waals surface area (Å²) in [5.74, 6) is 4.37. The molecule has 0 bridgehead atoms. The van der Waals surface area contributed by atoms with Crippen molar-refractivity contribution in [3.8, 4) is 0 Å². The topological polar surface area (TPSA) is 102 Å². The van der Waals surface area contributed by atoms with Crippen LogP contribution < -0.4 is 15.5 Å². The van der Waals surface area contributed by atoms with Crippen molar-refractivity contribution < 1.29 is 18.0 Å². The van der Waals surface area contributed by atoms with Gasteiger partial charge in [-0.1, -0.05) is 30.3 Å². The highest BCUT2D eigenvalue weighted by molar-refractivity contribution is 7.92. The van der Waals surface area contributed by atoms with Gasteiger partial charge in [0.25, 0.3) is 10.0 Å². The molecule has 7 nitrogen and oxygen atoms in total. The third-order valence-electron chi connectivity index (χ3n) is 6.69. The molecule has 0 saturated carbocycles. The minimum Gasteiger partial charge on any atom is -0.373 e. The molecule has 0 unspecified atom stereocenters. The summed E-state index contributed by atoms with van der Waals surface area (Å²) in [5.41, 5.74) is 4.85. The van der Waals surface area contributed by atoms with Gasteiger partial charge in [-0.05, 0) is 68.5 Å². The summed E-state index contributed by atoms with van der Waals surface area (Å²) in [7, 11) is -3.81. The number of nitrogens with two attached hydrogens (primary N) is 1. The number of benzene rings is 3. The molecule has 0 radical (unpaired) electrons. The van der Waals surface area contributed by atoms with Crippen molar-refractivity contribution in [3.63, 3.8) is 0 Å². The van der Waals surface area contributed by atoms with Crippen molar-refractivity contribution in [3.05, 3.63) is 64.7 Å². The van der Waals surface area contributed by atoms with Crippen LogP contribution in [0.1, 0.15) is 28.7 Å². The Morgan fingerprint density at radius 3 is 2.30 bits per heavy atom. The van der Waals surface area contributed by atoms with Crippen LogP contribution in [0.25, 0.3) is 10.8 Å². The van der Waals surface area contributed by atoms with Gasteiger partial charge in [0.2, 0.25) is 0 Å². The first-order chi connectivity index (χ1) is 15.6. The lowest BCUT2D eigenvalue weighted by Gasteiger charge is -2.22. The van der Waals surface area contributed by atoms with Crippen molar-refractivity contribution in [2.45, 2.75) is 39.0 Å². The standard InChI is InChI=1S/C25H29N3O4S/c1-15-13-16(2)18(4)24(17(15)3)33(30,31)27-22-9-10-23(21-8-6-5-7-20(21)22)28-12-11-19(14-28)25(29)32-26/h5-10,13,19,27H,11-12,14,26H2,1-4H3/t19-/m1/s1. The zero-order chi connectivity index (χ0) is 23.9. The molecule has 4 rings (SSSR count). The van der Waals surface area contributed by atoms with E-state index < -0.39 is 16.0 Å². The number of sulfonamides is 1. The van der Waals surface area contributed by atoms with Gasteiger partial charge in [-0.2, -0.15) is 5.90 Å². The molecule has 1 heterocycles. The summed E-state index contributed by atoms with van der Waals surface area (Å²) < 4.78 is 29.8. The van der Waals surface area contributed by atoms with E-state index in [2.05, 4.69) is 14.5 Å². The van der Waals surface area contributed by atoms with Gasteiger partial charge < -0.3 is 9.74 Å². The second-order valence-electron chi connectivity index (χ2n) is 8.74. The highest BCUT2D eigenvalue weighted by Gasteiger charge is 2.31. The molecule has 0 aromatic heterocycles. The number of carbonyl (C=O) groups excluding carboxylic acids is 1. The Morgan fingerprint density at radius 2 is 1.67 bits per heavy atom. The van der Waals surface area contributed by atoms with Crippen LogP contribution in [-0.2, 0) is 19.7 Å². The predicted molar refractivity (Wildman–Crippen MR) is 131 cm³/mol. The largest absolute Gasteiger partial charge is 0.373 e. The fourth-order valence-electron chi connectivity index (χ4n) is 4.70. The molecular weight excluding hydrogens is 438 g/mol. The molecule has 8 heteroatoms. The number of anilines is 2. The fraction of sp³-hybridized carbons (Fsp3) is 0.320. The van der Waals surface area contributed by atoms with Crippen LogP contribution in [0.3, 0.4) is 0 Å². The number of nitrogens with zero attached hydrogens (tertiary/aromatic N) is 1. The second-order valence-corrected chi connectivity index (χ2v) is 10.4. The van der Waals surface area contributed by atoms with Crippen LogP contribution in [-0.4, -0.2) is 27.5 Å². The maximum atomic E-state index is 13.5. The van der Waals surface area contributed by atoms with Crippen LogP contribution in [0, 0.1) is 33.6 Å². The van der Waals surface area contributed by atoms with E-state index in [4.69, 9.17) is 5.90 Å². The fourth-order valence-corrected chi connectivity index (χ4v) is 6.39. The number of carbonyl (C=O) groups is 1. The van der Waals surface area contributed by atoms with Gasteiger partial charge in [0.1, 0.15) is 0 Å². The number of nitrogens with one attached hydrogen (secondary N) is 1. The first-order valence-corrected chi connectivity index (χ1v) is 12.4. The number of hydrogen-bond donors (Lipinski definition) is 2. The molecule has 1 fully saturated rings. The lowest BCUT2D eigenvalue weighted by molar-refractivity contribution is -0.148. The summed E-state index contributed by atoms with van der Waals surface area (Å²) in [6.07, 6.45) is 0.657. The average molecular weight is 468 g/mol. The Labute approximate surface area is 194 Å². The van der Waals surface area contributed by atoms with Gasteiger partial charge in [-0.3, -0.25) is 9.52 Å². The zero-order valence-corrected chi connectivity index (χ0v) is 20.1. The summed E-state index contributed by atoms with van der Waals surface area (Å²) >= 11 is 0. The molecule has 0 spiro atoms. The van der Waals surface area contributed by atoms with E-state index in [9.17, 15) is 13.2 Å². The summed E-state index contributed by atoms with van der Waals surface area (Å²) in [6.45, 7) is 8.73. The lowest BCUT2D eigenvalue weighted by Crippen LogP contribution is -2.25. The van der Waals surface area contributed by atoms with E-state index in [-0.39, 0.29) is 5.92 Å². The number of aryl methyl sites for hydroxylation is 2. The normalized spacial score (nSPS) is 16.3. The summed E-state index contributed by atoms with van der Waals surface area (Å²) in [5, 5.41) is 1.71. The van der Waals surface area contributed by atoms with Crippen molar-refractivity contribution >= 4 is 38.1 Å². The van der Waals surface area contributed by atoms with Crippen molar-refractivity contribution in [1.82, 2.24) is 0 Å². The molecule has 3 aromatic carbocycles. The molecule has 0 aliphatic carbocycles. The molecule has 0 amide bonds. The maximum absolute atomic E-state index is 13.5. The Hall–Kier alpha value is -3.10. The van der Waals surface area contributed by atoms with Gasteiger partial charge in [0.05, 0.1) is 16.5 Å². The quantitative estimate of drug-likeness (QED) is 0.548. The number of rotatable bonds is 5. The number of hydrogen-bond acceptors (Lipinski definition) is 6. The summed E-state index contributed by atoms with van der Waals surface area (Å²) in [6, 6.07) is 13.4. The number of fused-ring (bicyclic) bond motifs is 1. The van der Waals surface area contributed by atoms with Crippen LogP contribution >= 0.6 is 0 Å². The highest BCUT2D eigenvalue weighted by Crippen LogP contribution is 2.36. The van der Waals surface area contributed by atoms with E-state index in [0.717, 1.165) is 38.7 Å². The first-order valence-electron chi connectivity index (χ1n) is 10.9. The predicted octanol–water partition coefficient (Wildman–Crippen LogP) is 4.12. The third kappa shape index (κ3) is 4.16. The Morgan fingerprint density at radius 1 is 1.03 bits per heavy atom. The van der Waals surface area contributed by atoms with Crippen molar-refractivity contribution in [2.24, 2.45) is 11.8 Å². The van der Waals surface area contributed by atoms with Crippen molar-refractivity contribution in [2.75, 3.05) is 22.7 Å². The Balaban J connectivity index is 1.74. The van der Waals surface area contributed by atoms with Gasteiger partial charge >= 0.3 is 5.97 Å². The molecule has 1 aliphatic heterocycles. The third-order valence-corrected chi connectivity index (χ3v) is 8.33. The van der Waals surface area contributed by atoms with Crippen LogP contribution in [0.2, 0.25) is 0 Å². The summed E-state index contributed by atoms with van der Waals surface area (Å²) in [4.78, 5) is 18.7. The van der Waals surface area contributed by atoms with Gasteiger partial charge in [0.15, 0.2) is 0 Å². The molecular formula is C25H29N3O4S. The van der Waals surface area contributed by atoms with E-state index >= 15 is 0 Å². The van der Waals surface area contributed by atoms with E-state index in [1.807, 2.05) is 64.1 Å². The van der Waals surface area contributed by atoms with E-state index in [1.54, 1.807) is 6.07 Å². The van der Waals surface area contributed by atoms with E-state index in [0.29, 0.717) is 30.1 Å². The molecule has 1 saturated heterocycles. The van der Waals surface area contributed by atoms with Crippen LogP contribution in [0.15, 0.2) is 47.4 Å². The maximum Gasteiger partial charge on any atom is 0.329 e. The highest BCUT2D eigenvalue weighted by atomic mass is 32.2. The van der Waals surface area contributed by atoms with Crippen molar-refractivity contribution in [1.29, 1.82) is 0 Å². The van der Waals surface area contributed by atoms with E-state index in [1.165, 1.54) is 0 Å². The average Bonchev–Trinajstić information content (AvgIpc) is 3.27. The minimum atomic E-state index is -3.81. The monoisotopic (exact) mass is 467 g/mol. The molecule has 3 N–H and O–H groups in total. The second kappa shape index (κ2) is 8.68. The molecule has 33 heavy (non-hydrogen) atoms. The molecule has 1 atom stereocenters. The Kier molecular flexibility index (Phi) is 6.07. The molecule has 3 aromatic rings. The molecule has 1 aliphatic rings. The lowest BCUT2D eigenvalue weighted by atomic mass is 10.0. The first kappa shape index (κ1) is 23.1. The Bertz CT molecular complexity index is 1330. The minimum absolute atomic E-state index is 0.276. The smallest absolute Gasteiger partial charge is 0.329 e. The zero-order valence-electron chi connectivity index (χ0n) is 19.3. The molecule has 174 valence electrons. The van der Waals surface area contributed by atoms with Crippen LogP contribution in [0.4, 0.5) is 11.4 Å². The van der Waals surface area contributed by atoms with Crippen LogP contribution in [0.5, 0.6) is 0 Å². The van der Waals surface area contributed by atoms with Gasteiger partial charge in [-0.25, -0.2) is 8.42 Å². The SMILES string of the molecule is Cc1cc(C)c(C)c(S(=O)(=O)Nc2ccc(N3CC[C@@H](C(=O)ON)C3)c3ccccc23)c1C. The van der Waals surface area contributed by atoms with Gasteiger partial charge in [0, 0.05) is 29.5 Å².